The minimum absolute atomic E-state index is 0.0714. The maximum absolute atomic E-state index is 10.7. The number of allylic oxidation sites excluding steroid dienone is 4. The number of rotatable bonds is 2. The lowest BCUT2D eigenvalue weighted by Crippen LogP contribution is -1.95. The highest BCUT2D eigenvalue weighted by Gasteiger charge is 2.23. The molecule has 0 aliphatic carbocycles. The standard InChI is InChI=1S/C39H38N4O/c1-19-21(3)33-16-35-23(5)25(7)38(42-35)37(30-14-28-12-10-9-11-27(28)13-29(30)18-44)39-26(8)24(6)36(43-39)17-34-22(4)20(2)32(41-34)15-31(19)40-33/h9-17,40,43-44H,18H2,1-8H3. The molecule has 0 saturated heterocycles. The fraction of sp³-hybridized carbons (Fsp3) is 0.231. The number of aryl methyl sites for hydroxylation is 4. The number of aliphatic hydroxyl groups is 1. The molecule has 7 rings (SSSR count). The molecule has 0 radical (unpaired) electrons. The molecule has 5 nitrogen and oxygen atoms in total. The highest BCUT2D eigenvalue weighted by Crippen LogP contribution is 2.42. The lowest BCUT2D eigenvalue weighted by molar-refractivity contribution is 0.282. The summed E-state index contributed by atoms with van der Waals surface area (Å²) in [4.78, 5) is 18.0. The summed E-state index contributed by atoms with van der Waals surface area (Å²) in [7, 11) is 0. The quantitative estimate of drug-likeness (QED) is 0.195. The molecular formula is C39H38N4O. The van der Waals surface area contributed by atoms with E-state index < -0.39 is 0 Å². The molecule has 0 saturated carbocycles. The van der Waals surface area contributed by atoms with Gasteiger partial charge in [-0.05, 0) is 152 Å². The Morgan fingerprint density at radius 2 is 1.07 bits per heavy atom. The minimum Gasteiger partial charge on any atom is -0.392 e. The Kier molecular flexibility index (Phi) is 6.49. The predicted molar refractivity (Wildman–Crippen MR) is 185 cm³/mol. The predicted octanol–water partition coefficient (Wildman–Crippen LogP) is 9.76. The fourth-order valence-corrected chi connectivity index (χ4v) is 6.58. The molecule has 44 heavy (non-hydrogen) atoms. The van der Waals surface area contributed by atoms with Crippen LogP contribution in [0.1, 0.15) is 78.3 Å². The van der Waals surface area contributed by atoms with Crippen LogP contribution in [-0.2, 0) is 6.61 Å². The van der Waals surface area contributed by atoms with Crippen LogP contribution in [0.2, 0.25) is 0 Å². The second-order valence-electron chi connectivity index (χ2n) is 12.4. The van der Waals surface area contributed by atoms with E-state index in [1.165, 1.54) is 27.8 Å². The van der Waals surface area contributed by atoms with Crippen LogP contribution in [0.5, 0.6) is 0 Å². The van der Waals surface area contributed by atoms with Crippen molar-refractivity contribution in [3.8, 4) is 11.1 Å². The van der Waals surface area contributed by atoms with E-state index in [2.05, 4.69) is 114 Å². The van der Waals surface area contributed by atoms with Crippen molar-refractivity contribution < 1.29 is 5.11 Å². The number of benzene rings is 2. The molecular weight excluding hydrogens is 540 g/mol. The third-order valence-electron chi connectivity index (χ3n) is 10.1. The Hall–Kier alpha value is -4.74. The SMILES string of the molecule is CC1=C(C)c2cc3[nH]c(c(C)c3C)c(-c3cc4ccccc4cc3CO)c3nc(cc4[nH]c(cc1n2)c(C)c4C)C(C)=C3C. The molecule has 5 heteroatoms. The van der Waals surface area contributed by atoms with Gasteiger partial charge >= 0.3 is 0 Å². The molecule has 220 valence electrons. The van der Waals surface area contributed by atoms with E-state index in [4.69, 9.17) is 9.97 Å². The van der Waals surface area contributed by atoms with Gasteiger partial charge in [0.2, 0.25) is 0 Å². The molecule has 0 spiro atoms. The summed E-state index contributed by atoms with van der Waals surface area (Å²) in [6.45, 7) is 17.2. The van der Waals surface area contributed by atoms with Crippen LogP contribution in [0.3, 0.4) is 0 Å². The molecule has 2 aliphatic rings. The number of nitrogens with one attached hydrogen (secondary N) is 2. The van der Waals surface area contributed by atoms with Gasteiger partial charge in [0, 0.05) is 22.1 Å². The van der Waals surface area contributed by atoms with Crippen LogP contribution < -0.4 is 0 Å². The summed E-state index contributed by atoms with van der Waals surface area (Å²) >= 11 is 0. The number of fused-ring (bicyclic) bond motifs is 9. The van der Waals surface area contributed by atoms with Gasteiger partial charge in [-0.15, -0.1) is 0 Å². The Morgan fingerprint density at radius 1 is 0.568 bits per heavy atom. The van der Waals surface area contributed by atoms with E-state index in [1.54, 1.807) is 0 Å². The Bertz CT molecular complexity index is 2290. The van der Waals surface area contributed by atoms with Gasteiger partial charge < -0.3 is 15.1 Å². The smallest absolute Gasteiger partial charge is 0.0769 e. The average Bonchev–Trinajstić information content (AvgIpc) is 3.65. The molecule has 0 unspecified atom stereocenters. The first-order valence-corrected chi connectivity index (χ1v) is 15.3. The Morgan fingerprint density at radius 3 is 1.66 bits per heavy atom. The monoisotopic (exact) mass is 578 g/mol. The highest BCUT2D eigenvalue weighted by atomic mass is 16.3. The van der Waals surface area contributed by atoms with Crippen LogP contribution in [0, 0.1) is 27.7 Å². The average molecular weight is 579 g/mol. The second-order valence-corrected chi connectivity index (χ2v) is 12.4. The number of H-pyrrole nitrogens is 2. The Balaban J connectivity index is 1.73. The normalized spacial score (nSPS) is 13.5. The van der Waals surface area contributed by atoms with Crippen molar-refractivity contribution in [3.63, 3.8) is 0 Å². The van der Waals surface area contributed by atoms with Crippen molar-refractivity contribution >= 4 is 55.1 Å². The van der Waals surface area contributed by atoms with E-state index in [9.17, 15) is 5.11 Å². The molecule has 8 bridgehead atoms. The van der Waals surface area contributed by atoms with E-state index in [0.717, 1.165) is 89.0 Å². The fourth-order valence-electron chi connectivity index (χ4n) is 6.58. The summed E-state index contributed by atoms with van der Waals surface area (Å²) in [5.41, 5.74) is 20.2. The molecule has 0 fully saturated rings. The van der Waals surface area contributed by atoms with E-state index in [0.29, 0.717) is 0 Å². The van der Waals surface area contributed by atoms with Crippen LogP contribution >= 0.6 is 0 Å². The zero-order valence-corrected chi connectivity index (χ0v) is 26.7. The van der Waals surface area contributed by atoms with Crippen LogP contribution in [0.4, 0.5) is 0 Å². The van der Waals surface area contributed by atoms with Gasteiger partial charge in [-0.1, -0.05) is 24.3 Å². The molecule has 0 atom stereocenters. The van der Waals surface area contributed by atoms with Gasteiger partial charge in [-0.3, -0.25) is 0 Å². The van der Waals surface area contributed by atoms with Gasteiger partial charge in [0.05, 0.1) is 34.9 Å². The number of hydrogen-bond acceptors (Lipinski definition) is 3. The minimum atomic E-state index is -0.0714. The van der Waals surface area contributed by atoms with Crippen molar-refractivity contribution in [2.24, 2.45) is 0 Å². The van der Waals surface area contributed by atoms with Crippen LogP contribution in [0.25, 0.3) is 66.3 Å². The number of aromatic nitrogens is 4. The maximum atomic E-state index is 10.7. The summed E-state index contributed by atoms with van der Waals surface area (Å²) in [6.07, 6.45) is 0. The van der Waals surface area contributed by atoms with Gasteiger partial charge in [0.1, 0.15) is 0 Å². The second kappa shape index (κ2) is 10.2. The van der Waals surface area contributed by atoms with Gasteiger partial charge in [-0.2, -0.15) is 0 Å². The number of hydrogen-bond donors (Lipinski definition) is 3. The summed E-state index contributed by atoms with van der Waals surface area (Å²) in [5, 5.41) is 12.9. The van der Waals surface area contributed by atoms with Crippen molar-refractivity contribution in [1.82, 2.24) is 19.9 Å². The van der Waals surface area contributed by atoms with E-state index in [-0.39, 0.29) is 6.61 Å². The zero-order valence-electron chi connectivity index (χ0n) is 26.7. The first-order chi connectivity index (χ1) is 21.1. The largest absolute Gasteiger partial charge is 0.392 e. The van der Waals surface area contributed by atoms with E-state index >= 15 is 0 Å². The summed E-state index contributed by atoms with van der Waals surface area (Å²) in [5.74, 6) is 0. The van der Waals surface area contributed by atoms with Gasteiger partial charge in [-0.25, -0.2) is 9.97 Å². The number of aromatic amines is 2. The molecule has 2 aliphatic heterocycles. The number of aliphatic hydroxyl groups excluding tert-OH is 1. The van der Waals surface area contributed by atoms with E-state index in [1.807, 2.05) is 6.07 Å². The van der Waals surface area contributed by atoms with Gasteiger partial charge in [0.25, 0.3) is 0 Å². The topological polar surface area (TPSA) is 77.6 Å². The van der Waals surface area contributed by atoms with Gasteiger partial charge in [0.15, 0.2) is 0 Å². The molecule has 3 aromatic heterocycles. The summed E-state index contributed by atoms with van der Waals surface area (Å²) in [6, 6.07) is 19.2. The van der Waals surface area contributed by atoms with Crippen molar-refractivity contribution in [3.05, 3.63) is 105 Å². The first kappa shape index (κ1) is 28.1. The van der Waals surface area contributed by atoms with Crippen molar-refractivity contribution in [2.75, 3.05) is 0 Å². The first-order valence-electron chi connectivity index (χ1n) is 15.3. The van der Waals surface area contributed by atoms with Crippen LogP contribution in [0.15, 0.2) is 54.6 Å². The lowest BCUT2D eigenvalue weighted by Gasteiger charge is -2.13. The van der Waals surface area contributed by atoms with Crippen molar-refractivity contribution in [2.45, 2.75) is 62.0 Å². The zero-order chi connectivity index (χ0) is 31.0. The molecule has 3 N–H and O–H groups in total. The molecule has 5 aromatic rings. The maximum Gasteiger partial charge on any atom is 0.0769 e. The third kappa shape index (κ3) is 4.18. The summed E-state index contributed by atoms with van der Waals surface area (Å²) < 4.78 is 0. The molecule has 5 heterocycles. The third-order valence-corrected chi connectivity index (χ3v) is 10.1. The lowest BCUT2D eigenvalue weighted by atomic mass is 9.91. The Labute approximate surface area is 258 Å². The number of nitrogens with zero attached hydrogens (tertiary/aromatic N) is 2. The molecule has 0 amide bonds. The highest BCUT2D eigenvalue weighted by molar-refractivity contribution is 6.03. The van der Waals surface area contributed by atoms with Crippen LogP contribution in [-0.4, -0.2) is 25.0 Å². The van der Waals surface area contributed by atoms with Crippen molar-refractivity contribution in [1.29, 1.82) is 0 Å². The molecule has 2 aromatic carbocycles.